The fourth-order valence-corrected chi connectivity index (χ4v) is 4.46. The van der Waals surface area contributed by atoms with E-state index < -0.39 is 29.3 Å². The molecule has 3 heterocycles. The molecule has 1 aromatic carbocycles. The van der Waals surface area contributed by atoms with Crippen LogP contribution in [0.2, 0.25) is 5.02 Å². The fraction of sp³-hybridized carbons (Fsp3) is 0.286. The van der Waals surface area contributed by atoms with Crippen molar-refractivity contribution in [2.45, 2.75) is 53.3 Å². The molecule has 214 valence electrons. The first-order chi connectivity index (χ1) is 19.2. The Bertz CT molecular complexity index is 1660. The number of fused-ring (bicyclic) bond motifs is 1. The number of rotatable bonds is 7. The van der Waals surface area contributed by atoms with E-state index in [1.165, 1.54) is 23.1 Å². The average molecular weight is 582 g/mol. The van der Waals surface area contributed by atoms with Gasteiger partial charge >= 0.3 is 6.09 Å². The minimum absolute atomic E-state index is 0.0286. The molecule has 0 spiro atoms. The summed E-state index contributed by atoms with van der Waals surface area (Å²) in [4.78, 5) is 45.9. The summed E-state index contributed by atoms with van der Waals surface area (Å²) in [5, 5.41) is 10.4. The summed E-state index contributed by atoms with van der Waals surface area (Å²) in [6.45, 7) is 8.89. The minimum Gasteiger partial charge on any atom is -0.444 e. The van der Waals surface area contributed by atoms with Gasteiger partial charge < -0.3 is 15.8 Å². The van der Waals surface area contributed by atoms with Gasteiger partial charge in [-0.05, 0) is 75.6 Å². The third kappa shape index (κ3) is 6.95. The normalized spacial score (nSPS) is 11.4. The van der Waals surface area contributed by atoms with Gasteiger partial charge in [0.1, 0.15) is 28.4 Å². The summed E-state index contributed by atoms with van der Waals surface area (Å²) in [5.74, 6) is -1.71. The lowest BCUT2D eigenvalue weighted by Gasteiger charge is -2.20. The van der Waals surface area contributed by atoms with Gasteiger partial charge in [0.25, 0.3) is 11.8 Å². The van der Waals surface area contributed by atoms with Crippen LogP contribution in [0, 0.1) is 19.7 Å². The van der Waals surface area contributed by atoms with E-state index in [0.29, 0.717) is 27.5 Å². The smallest absolute Gasteiger partial charge is 0.413 e. The zero-order valence-electron chi connectivity index (χ0n) is 23.1. The van der Waals surface area contributed by atoms with Gasteiger partial charge in [-0.3, -0.25) is 24.6 Å². The molecule has 13 heteroatoms. The van der Waals surface area contributed by atoms with Crippen molar-refractivity contribution >= 4 is 46.2 Å². The Kier molecular flexibility index (Phi) is 8.24. The fourth-order valence-electron chi connectivity index (χ4n) is 4.29. The van der Waals surface area contributed by atoms with Gasteiger partial charge in [-0.25, -0.2) is 14.2 Å². The quantitative estimate of drug-likeness (QED) is 0.287. The van der Waals surface area contributed by atoms with Crippen LogP contribution in [0.4, 0.5) is 15.0 Å². The van der Waals surface area contributed by atoms with Crippen molar-refractivity contribution in [2.24, 2.45) is 5.73 Å². The van der Waals surface area contributed by atoms with Gasteiger partial charge in [-0.1, -0.05) is 11.6 Å². The number of anilines is 1. The van der Waals surface area contributed by atoms with E-state index in [0.717, 1.165) is 11.1 Å². The first-order valence-corrected chi connectivity index (χ1v) is 12.9. The number of carbonyl (C=O) groups excluding carboxylic acids is 3. The van der Waals surface area contributed by atoms with Gasteiger partial charge in [0, 0.05) is 23.8 Å². The lowest BCUT2D eigenvalue weighted by atomic mass is 10.1. The molecular formula is C28H29ClFN7O4. The zero-order valence-corrected chi connectivity index (χ0v) is 23.9. The van der Waals surface area contributed by atoms with E-state index >= 15 is 0 Å². The lowest BCUT2D eigenvalue weighted by Crippen LogP contribution is -2.28. The van der Waals surface area contributed by atoms with E-state index in [1.54, 1.807) is 45.9 Å². The van der Waals surface area contributed by atoms with Crippen molar-refractivity contribution in [1.29, 1.82) is 0 Å². The number of carbonyl (C=O) groups is 3. The maximum Gasteiger partial charge on any atom is 0.413 e. The highest BCUT2D eigenvalue weighted by Gasteiger charge is 2.23. The van der Waals surface area contributed by atoms with Crippen LogP contribution in [0.15, 0.2) is 36.7 Å². The molecule has 11 nitrogen and oxygen atoms in total. The van der Waals surface area contributed by atoms with E-state index in [-0.39, 0.29) is 29.9 Å². The summed E-state index contributed by atoms with van der Waals surface area (Å²) in [6, 6.07) is 6.18. The average Bonchev–Trinajstić information content (AvgIpc) is 3.25. The molecule has 4 N–H and O–H groups in total. The molecule has 41 heavy (non-hydrogen) atoms. The summed E-state index contributed by atoms with van der Waals surface area (Å²) >= 11 is 6.00. The highest BCUT2D eigenvalue weighted by Crippen LogP contribution is 2.23. The third-order valence-corrected chi connectivity index (χ3v) is 6.23. The van der Waals surface area contributed by atoms with Crippen LogP contribution in [-0.2, 0) is 17.8 Å². The number of hydrogen-bond acceptors (Lipinski definition) is 7. The highest BCUT2D eigenvalue weighted by molar-refractivity contribution is 6.31. The maximum atomic E-state index is 14.6. The van der Waals surface area contributed by atoms with Crippen LogP contribution in [-0.4, -0.2) is 43.3 Å². The SMILES string of the molecule is Cc1cc(NC(=O)OC(C)(C)C)nc(C)c1CNC(=O)c1cnn(Cc2cc(F)c3ncc(Cl)cc3c2)c1C(N)=O. The van der Waals surface area contributed by atoms with E-state index in [2.05, 4.69) is 25.7 Å². The van der Waals surface area contributed by atoms with Crippen LogP contribution in [0.3, 0.4) is 0 Å². The van der Waals surface area contributed by atoms with Crippen molar-refractivity contribution in [2.75, 3.05) is 5.32 Å². The van der Waals surface area contributed by atoms with Crippen molar-refractivity contribution in [3.05, 3.63) is 81.1 Å². The number of halogens is 2. The molecule has 0 aliphatic heterocycles. The second-order valence-corrected chi connectivity index (χ2v) is 10.9. The van der Waals surface area contributed by atoms with Crippen molar-refractivity contribution in [1.82, 2.24) is 25.1 Å². The molecule has 0 bridgehead atoms. The molecule has 0 fully saturated rings. The number of benzene rings is 1. The molecule has 0 saturated carbocycles. The Labute approximate surface area is 240 Å². The second-order valence-electron chi connectivity index (χ2n) is 10.4. The first-order valence-electron chi connectivity index (χ1n) is 12.6. The largest absolute Gasteiger partial charge is 0.444 e. The molecule has 0 radical (unpaired) electrons. The Morgan fingerprint density at radius 2 is 1.85 bits per heavy atom. The maximum absolute atomic E-state index is 14.6. The summed E-state index contributed by atoms with van der Waals surface area (Å²) in [6.07, 6.45) is 1.95. The van der Waals surface area contributed by atoms with Gasteiger partial charge in [0.05, 0.1) is 23.3 Å². The molecule has 0 unspecified atom stereocenters. The number of amides is 3. The molecular weight excluding hydrogens is 553 g/mol. The standard InChI is InChI=1S/C28H29ClFN7O4/c1-14-6-22(36-27(40)41-28(3,4)5)35-15(2)19(14)11-33-26(39)20-12-34-37(24(20)25(31)38)13-16-7-17-9-18(29)10-32-23(17)21(30)8-16/h6-10,12H,11,13H2,1-5H3,(H2,31,38)(H,33,39)(H,35,36,40). The van der Waals surface area contributed by atoms with E-state index in [9.17, 15) is 18.8 Å². The van der Waals surface area contributed by atoms with Gasteiger partial charge in [0.15, 0.2) is 0 Å². The highest BCUT2D eigenvalue weighted by atomic mass is 35.5. The first kappa shape index (κ1) is 29.4. The van der Waals surface area contributed by atoms with Crippen molar-refractivity contribution in [3.63, 3.8) is 0 Å². The summed E-state index contributed by atoms with van der Waals surface area (Å²) < 4.78 is 21.1. The number of hydrogen-bond donors (Lipinski definition) is 3. The molecule has 4 rings (SSSR count). The second kappa shape index (κ2) is 11.5. The summed E-state index contributed by atoms with van der Waals surface area (Å²) in [5.41, 5.74) is 7.47. The number of ether oxygens (including phenoxy) is 1. The monoisotopic (exact) mass is 581 g/mol. The van der Waals surface area contributed by atoms with Crippen LogP contribution < -0.4 is 16.4 Å². The van der Waals surface area contributed by atoms with Crippen molar-refractivity contribution < 1.29 is 23.5 Å². The molecule has 3 aromatic heterocycles. The number of pyridine rings is 2. The summed E-state index contributed by atoms with van der Waals surface area (Å²) in [7, 11) is 0. The number of aryl methyl sites for hydroxylation is 2. The van der Waals surface area contributed by atoms with Crippen molar-refractivity contribution in [3.8, 4) is 0 Å². The molecule has 0 saturated heterocycles. The number of nitrogens with one attached hydrogen (secondary N) is 2. The minimum atomic E-state index is -0.870. The van der Waals surface area contributed by atoms with Gasteiger partial charge in [-0.2, -0.15) is 5.10 Å². The molecule has 4 aromatic rings. The topological polar surface area (TPSA) is 154 Å². The van der Waals surface area contributed by atoms with Crippen LogP contribution in [0.5, 0.6) is 0 Å². The zero-order chi connectivity index (χ0) is 30.1. The third-order valence-electron chi connectivity index (χ3n) is 6.02. The molecule has 3 amide bonds. The molecule has 0 aliphatic carbocycles. The number of aromatic nitrogens is 4. The number of nitrogens with zero attached hydrogens (tertiary/aromatic N) is 4. The Hall–Kier alpha value is -4.58. The molecule has 0 atom stereocenters. The van der Waals surface area contributed by atoms with E-state index in [4.69, 9.17) is 22.1 Å². The van der Waals surface area contributed by atoms with E-state index in [1.807, 2.05) is 6.92 Å². The predicted octanol–water partition coefficient (Wildman–Crippen LogP) is 4.66. The molecule has 0 aliphatic rings. The number of nitrogens with two attached hydrogens (primary N) is 1. The lowest BCUT2D eigenvalue weighted by molar-refractivity contribution is 0.0635. The van der Waals surface area contributed by atoms with Crippen LogP contribution in [0.25, 0.3) is 10.9 Å². The van der Waals surface area contributed by atoms with Gasteiger partial charge in [0.2, 0.25) is 0 Å². The van der Waals surface area contributed by atoms with Crippen LogP contribution in [0.1, 0.15) is 64.0 Å². The Morgan fingerprint density at radius 1 is 1.12 bits per heavy atom. The van der Waals surface area contributed by atoms with Crippen LogP contribution >= 0.6 is 11.6 Å². The predicted molar refractivity (Wildman–Crippen MR) is 151 cm³/mol. The Morgan fingerprint density at radius 3 is 2.51 bits per heavy atom. The number of primary amides is 1. The van der Waals surface area contributed by atoms with Gasteiger partial charge in [-0.15, -0.1) is 0 Å². The Balaban J connectivity index is 1.51.